The number of fused-ring (bicyclic) bond motifs is 1. The first-order valence-electron chi connectivity index (χ1n) is 9.54. The van der Waals surface area contributed by atoms with Gasteiger partial charge in [0, 0.05) is 40.3 Å². The first-order valence-corrected chi connectivity index (χ1v) is 10.5. The van der Waals surface area contributed by atoms with Crippen molar-refractivity contribution in [3.8, 4) is 5.88 Å². The third kappa shape index (κ3) is 4.30. The molecule has 1 aliphatic rings. The fourth-order valence-electron chi connectivity index (χ4n) is 3.57. The molecular weight excluding hydrogens is 372 g/mol. The summed E-state index contributed by atoms with van der Waals surface area (Å²) in [6.45, 7) is 5.18. The van der Waals surface area contributed by atoms with Crippen LogP contribution in [-0.2, 0) is 4.79 Å². The number of nitrogens with one attached hydrogen (secondary N) is 1. The topological polar surface area (TPSA) is 71.1 Å². The molecule has 0 radical (unpaired) electrons. The number of piperidine rings is 1. The van der Waals surface area contributed by atoms with Gasteiger partial charge >= 0.3 is 0 Å². The van der Waals surface area contributed by atoms with Gasteiger partial charge in [0.05, 0.1) is 12.3 Å². The molecule has 0 bridgehead atoms. The first kappa shape index (κ1) is 18.8. The van der Waals surface area contributed by atoms with Gasteiger partial charge in [0.1, 0.15) is 11.9 Å². The SMILES string of the molecule is Cc1cc(O[C@H]2CCCN(C(=O)CSc3c[nH]c4ccccc34)C2)nc(C)n1. The van der Waals surface area contributed by atoms with Crippen molar-refractivity contribution in [3.63, 3.8) is 0 Å². The Bertz CT molecular complexity index is 967. The Balaban J connectivity index is 1.35. The van der Waals surface area contributed by atoms with Gasteiger partial charge in [-0.3, -0.25) is 4.79 Å². The number of hydrogen-bond acceptors (Lipinski definition) is 5. The number of rotatable bonds is 5. The van der Waals surface area contributed by atoms with E-state index in [-0.39, 0.29) is 12.0 Å². The molecule has 4 rings (SSSR count). The fraction of sp³-hybridized carbons (Fsp3) is 0.381. The minimum absolute atomic E-state index is 0.0236. The van der Waals surface area contributed by atoms with Gasteiger partial charge in [-0.1, -0.05) is 18.2 Å². The van der Waals surface area contributed by atoms with Crippen molar-refractivity contribution in [1.82, 2.24) is 19.9 Å². The van der Waals surface area contributed by atoms with Crippen LogP contribution in [-0.4, -0.2) is 50.7 Å². The number of likely N-dealkylation sites (tertiary alicyclic amines) is 1. The summed E-state index contributed by atoms with van der Waals surface area (Å²) in [4.78, 5) is 27.7. The summed E-state index contributed by atoms with van der Waals surface area (Å²) >= 11 is 1.58. The number of aromatic nitrogens is 3. The summed E-state index contributed by atoms with van der Waals surface area (Å²) in [6, 6.07) is 10.00. The molecular formula is C21H24N4O2S. The predicted octanol–water partition coefficient (Wildman–Crippen LogP) is 3.74. The number of aryl methyl sites for hydroxylation is 2. The lowest BCUT2D eigenvalue weighted by Gasteiger charge is -2.32. The van der Waals surface area contributed by atoms with E-state index < -0.39 is 0 Å². The van der Waals surface area contributed by atoms with E-state index in [0.717, 1.165) is 40.9 Å². The van der Waals surface area contributed by atoms with E-state index >= 15 is 0 Å². The number of hydrogen-bond donors (Lipinski definition) is 1. The van der Waals surface area contributed by atoms with Gasteiger partial charge < -0.3 is 14.6 Å². The number of nitrogens with zero attached hydrogens (tertiary/aromatic N) is 3. The summed E-state index contributed by atoms with van der Waals surface area (Å²) in [5, 5.41) is 1.16. The number of carbonyl (C=O) groups is 1. The van der Waals surface area contributed by atoms with Crippen LogP contribution in [0.1, 0.15) is 24.4 Å². The zero-order valence-corrected chi connectivity index (χ0v) is 17.0. The fourth-order valence-corrected chi connectivity index (χ4v) is 4.51. The lowest BCUT2D eigenvalue weighted by Crippen LogP contribution is -2.45. The first-order chi connectivity index (χ1) is 13.6. The third-order valence-corrected chi connectivity index (χ3v) is 5.90. The minimum Gasteiger partial charge on any atom is -0.472 e. The second kappa shape index (κ2) is 8.22. The van der Waals surface area contributed by atoms with Crippen LogP contribution in [0.2, 0.25) is 0 Å². The second-order valence-corrected chi connectivity index (χ2v) is 8.12. The van der Waals surface area contributed by atoms with Crippen molar-refractivity contribution < 1.29 is 9.53 Å². The highest BCUT2D eigenvalue weighted by atomic mass is 32.2. The molecule has 0 spiro atoms. The maximum Gasteiger partial charge on any atom is 0.233 e. The largest absolute Gasteiger partial charge is 0.472 e. The zero-order chi connectivity index (χ0) is 19.5. The Hall–Kier alpha value is -2.54. The van der Waals surface area contributed by atoms with Crippen LogP contribution in [0.3, 0.4) is 0 Å². The van der Waals surface area contributed by atoms with Crippen molar-refractivity contribution >= 4 is 28.6 Å². The van der Waals surface area contributed by atoms with E-state index in [1.165, 1.54) is 0 Å². The normalized spacial score (nSPS) is 17.1. The molecule has 0 unspecified atom stereocenters. The molecule has 1 aromatic carbocycles. The standard InChI is InChI=1S/C21H24N4O2S/c1-14-10-20(24-15(2)23-14)27-16-6-5-9-25(12-16)21(26)13-28-19-11-22-18-8-4-3-7-17(18)19/h3-4,7-8,10-11,16,22H,5-6,9,12-13H2,1-2H3/t16-/m0/s1. The van der Waals surface area contributed by atoms with Gasteiger partial charge in [0.2, 0.25) is 11.8 Å². The quantitative estimate of drug-likeness (QED) is 0.665. The van der Waals surface area contributed by atoms with Crippen molar-refractivity contribution in [2.45, 2.75) is 37.7 Å². The molecule has 2 aromatic heterocycles. The number of amides is 1. The van der Waals surface area contributed by atoms with Crippen LogP contribution in [0, 0.1) is 13.8 Å². The van der Waals surface area contributed by atoms with Crippen molar-refractivity contribution in [2.75, 3.05) is 18.8 Å². The number of thioether (sulfide) groups is 1. The van der Waals surface area contributed by atoms with E-state index in [0.29, 0.717) is 24.0 Å². The molecule has 0 saturated carbocycles. The van der Waals surface area contributed by atoms with E-state index in [4.69, 9.17) is 4.74 Å². The smallest absolute Gasteiger partial charge is 0.233 e. The molecule has 3 heterocycles. The van der Waals surface area contributed by atoms with E-state index in [1.807, 2.05) is 49.2 Å². The van der Waals surface area contributed by atoms with E-state index in [1.54, 1.807) is 11.8 Å². The number of ether oxygens (including phenoxy) is 1. The molecule has 6 nitrogen and oxygen atoms in total. The van der Waals surface area contributed by atoms with Crippen LogP contribution in [0.5, 0.6) is 5.88 Å². The van der Waals surface area contributed by atoms with Crippen LogP contribution >= 0.6 is 11.8 Å². The third-order valence-electron chi connectivity index (χ3n) is 4.86. The number of aromatic amines is 1. The lowest BCUT2D eigenvalue weighted by atomic mass is 10.1. The molecule has 1 fully saturated rings. The highest BCUT2D eigenvalue weighted by Crippen LogP contribution is 2.28. The average Bonchev–Trinajstić information content (AvgIpc) is 3.09. The van der Waals surface area contributed by atoms with Gasteiger partial charge in [-0.2, -0.15) is 4.98 Å². The Morgan fingerprint density at radius 1 is 1.32 bits per heavy atom. The molecule has 1 atom stereocenters. The predicted molar refractivity (Wildman–Crippen MR) is 111 cm³/mol. The summed E-state index contributed by atoms with van der Waals surface area (Å²) in [5.74, 6) is 1.88. The van der Waals surface area contributed by atoms with Crippen LogP contribution < -0.4 is 4.74 Å². The lowest BCUT2D eigenvalue weighted by molar-refractivity contribution is -0.130. The van der Waals surface area contributed by atoms with E-state index in [9.17, 15) is 4.79 Å². The van der Waals surface area contributed by atoms with Gasteiger partial charge in [0.15, 0.2) is 0 Å². The highest BCUT2D eigenvalue weighted by Gasteiger charge is 2.25. The molecule has 3 aromatic rings. The minimum atomic E-state index is -0.0236. The molecule has 7 heteroatoms. The molecule has 1 aliphatic heterocycles. The molecule has 0 aliphatic carbocycles. The van der Waals surface area contributed by atoms with Gasteiger partial charge in [-0.05, 0) is 32.8 Å². The van der Waals surface area contributed by atoms with Crippen molar-refractivity contribution in [3.05, 3.63) is 48.0 Å². The van der Waals surface area contributed by atoms with Crippen LogP contribution in [0.4, 0.5) is 0 Å². The van der Waals surface area contributed by atoms with Gasteiger partial charge in [-0.25, -0.2) is 4.98 Å². The highest BCUT2D eigenvalue weighted by molar-refractivity contribution is 8.00. The van der Waals surface area contributed by atoms with Crippen molar-refractivity contribution in [2.24, 2.45) is 0 Å². The summed E-state index contributed by atoms with van der Waals surface area (Å²) < 4.78 is 6.05. The number of carbonyl (C=O) groups excluding carboxylic acids is 1. The van der Waals surface area contributed by atoms with Crippen LogP contribution in [0.25, 0.3) is 10.9 Å². The Morgan fingerprint density at radius 3 is 3.04 bits per heavy atom. The monoisotopic (exact) mass is 396 g/mol. The molecule has 1 saturated heterocycles. The van der Waals surface area contributed by atoms with Gasteiger partial charge in [0.25, 0.3) is 0 Å². The molecule has 146 valence electrons. The summed E-state index contributed by atoms with van der Waals surface area (Å²) in [7, 11) is 0. The Labute approximate surface area is 168 Å². The molecule has 28 heavy (non-hydrogen) atoms. The maximum absolute atomic E-state index is 12.7. The van der Waals surface area contributed by atoms with Crippen LogP contribution in [0.15, 0.2) is 41.4 Å². The Morgan fingerprint density at radius 2 is 2.18 bits per heavy atom. The maximum atomic E-state index is 12.7. The van der Waals surface area contributed by atoms with Crippen molar-refractivity contribution in [1.29, 1.82) is 0 Å². The van der Waals surface area contributed by atoms with Gasteiger partial charge in [-0.15, -0.1) is 11.8 Å². The summed E-state index contributed by atoms with van der Waals surface area (Å²) in [6.07, 6.45) is 3.83. The zero-order valence-electron chi connectivity index (χ0n) is 16.1. The summed E-state index contributed by atoms with van der Waals surface area (Å²) in [5.41, 5.74) is 1.99. The number of para-hydroxylation sites is 1. The number of H-pyrrole nitrogens is 1. The molecule has 1 N–H and O–H groups in total. The second-order valence-electron chi connectivity index (χ2n) is 7.10. The average molecular weight is 397 g/mol. The van der Waals surface area contributed by atoms with E-state index in [2.05, 4.69) is 21.0 Å². The number of benzene rings is 1. The molecule has 1 amide bonds. The Kier molecular flexibility index (Phi) is 5.52.